The molecular formula is C23H33N4O6PS. The quantitative estimate of drug-likeness (QED) is 0.412. The molecule has 0 unspecified atom stereocenters. The molecule has 1 aliphatic carbocycles. The van der Waals surface area contributed by atoms with Crippen LogP contribution < -0.4 is 10.2 Å². The lowest BCUT2D eigenvalue weighted by atomic mass is 10.1. The molecule has 1 aliphatic rings. The number of amides is 2. The van der Waals surface area contributed by atoms with Crippen molar-refractivity contribution >= 4 is 35.0 Å². The average Bonchev–Trinajstić information content (AvgIpc) is 3.32. The Labute approximate surface area is 206 Å². The highest BCUT2D eigenvalue weighted by molar-refractivity contribution is 7.90. The number of aromatic nitrogens is 2. The number of hydrogen-bond acceptors (Lipinski definition) is 8. The third kappa shape index (κ3) is 7.83. The number of anilines is 2. The molecule has 1 saturated carbocycles. The first-order chi connectivity index (χ1) is 16.6. The van der Waals surface area contributed by atoms with Crippen molar-refractivity contribution < 1.29 is 26.8 Å². The fraction of sp³-hybridized carbons (Fsp3) is 0.522. The Kier molecular flexibility index (Phi) is 9.40. The zero-order valence-corrected chi connectivity index (χ0v) is 22.1. The smallest absolute Gasteiger partial charge is 0.309 e. The lowest BCUT2D eigenvalue weighted by Gasteiger charge is -2.26. The molecule has 0 atom stereocenters. The molecule has 0 saturated heterocycles. The molecule has 1 N–H and O–H groups in total. The highest BCUT2D eigenvalue weighted by atomic mass is 32.2. The molecule has 35 heavy (non-hydrogen) atoms. The fourth-order valence-electron chi connectivity index (χ4n) is 4.03. The maximum Gasteiger partial charge on any atom is 0.336 e. The first-order valence-corrected chi connectivity index (χ1v) is 15.3. The number of rotatable bonds is 11. The molecule has 192 valence electrons. The Balaban J connectivity index is 1.75. The van der Waals surface area contributed by atoms with Crippen LogP contribution in [-0.2, 0) is 29.6 Å². The summed E-state index contributed by atoms with van der Waals surface area (Å²) < 4.78 is 46.9. The summed E-state index contributed by atoms with van der Waals surface area (Å²) in [5.41, 5.74) is 1.02. The van der Waals surface area contributed by atoms with Gasteiger partial charge in [0.25, 0.3) is 0 Å². The predicted octanol–water partition coefficient (Wildman–Crippen LogP) is 4.87. The van der Waals surface area contributed by atoms with Crippen LogP contribution in [0, 0.1) is 5.92 Å². The number of carbonyl (C=O) groups excluding carboxylic acids is 1. The molecular weight excluding hydrogens is 491 g/mol. The summed E-state index contributed by atoms with van der Waals surface area (Å²) >= 11 is 0. The van der Waals surface area contributed by atoms with Gasteiger partial charge in [-0.1, -0.05) is 12.8 Å². The maximum absolute atomic E-state index is 13.2. The molecule has 2 aromatic rings. The summed E-state index contributed by atoms with van der Waals surface area (Å²) in [7, 11) is -6.65. The van der Waals surface area contributed by atoms with E-state index in [1.807, 2.05) is 0 Å². The zero-order chi connectivity index (χ0) is 25.5. The molecule has 1 fully saturated rings. The SMILES string of the molecule is CCOP(=O)(Cc1cnc(NC(=O)N(CC2CCCC2)c2ccc(S(C)(=O)=O)cc2)cn1)OCC. The van der Waals surface area contributed by atoms with Gasteiger partial charge >= 0.3 is 13.6 Å². The van der Waals surface area contributed by atoms with E-state index in [0.29, 0.717) is 23.8 Å². The van der Waals surface area contributed by atoms with E-state index < -0.39 is 17.4 Å². The van der Waals surface area contributed by atoms with Crippen LogP contribution in [0.4, 0.5) is 16.3 Å². The van der Waals surface area contributed by atoms with Crippen LogP contribution in [0.25, 0.3) is 0 Å². The second kappa shape index (κ2) is 12.1. The molecule has 0 bridgehead atoms. The van der Waals surface area contributed by atoms with E-state index in [1.54, 1.807) is 30.9 Å². The van der Waals surface area contributed by atoms with Crippen molar-refractivity contribution in [2.45, 2.75) is 50.6 Å². The number of nitrogens with zero attached hydrogens (tertiary/aromatic N) is 3. The third-order valence-corrected chi connectivity index (χ3v) is 8.83. The topological polar surface area (TPSA) is 128 Å². The van der Waals surface area contributed by atoms with E-state index in [2.05, 4.69) is 15.3 Å². The summed E-state index contributed by atoms with van der Waals surface area (Å²) in [5.74, 6) is 0.612. The lowest BCUT2D eigenvalue weighted by Crippen LogP contribution is -2.38. The van der Waals surface area contributed by atoms with Crippen molar-refractivity contribution in [1.82, 2.24) is 9.97 Å². The molecule has 1 heterocycles. The number of hydrogen-bond donors (Lipinski definition) is 1. The molecule has 12 heteroatoms. The molecule has 1 aromatic carbocycles. The second-order valence-corrected chi connectivity index (χ2v) is 12.5. The molecule has 10 nitrogen and oxygen atoms in total. The Hall–Kier alpha value is -2.33. The maximum atomic E-state index is 13.2. The van der Waals surface area contributed by atoms with Crippen LogP contribution in [0.15, 0.2) is 41.6 Å². The van der Waals surface area contributed by atoms with E-state index in [4.69, 9.17) is 9.05 Å². The van der Waals surface area contributed by atoms with Gasteiger partial charge in [0.2, 0.25) is 0 Å². The Morgan fingerprint density at radius 3 is 2.23 bits per heavy atom. The minimum Gasteiger partial charge on any atom is -0.309 e. The van der Waals surface area contributed by atoms with E-state index >= 15 is 0 Å². The van der Waals surface area contributed by atoms with Crippen LogP contribution in [0.3, 0.4) is 0 Å². The summed E-state index contributed by atoms with van der Waals surface area (Å²) in [5, 5.41) is 2.76. The van der Waals surface area contributed by atoms with Crippen molar-refractivity contribution in [1.29, 1.82) is 0 Å². The first kappa shape index (κ1) is 27.3. The van der Waals surface area contributed by atoms with Gasteiger partial charge in [0, 0.05) is 18.5 Å². The monoisotopic (exact) mass is 524 g/mol. The minimum absolute atomic E-state index is 0.0175. The van der Waals surface area contributed by atoms with Crippen LogP contribution in [0.1, 0.15) is 45.2 Å². The van der Waals surface area contributed by atoms with Gasteiger partial charge in [-0.05, 0) is 56.9 Å². The Morgan fingerprint density at radius 1 is 1.09 bits per heavy atom. The Morgan fingerprint density at radius 2 is 1.71 bits per heavy atom. The standard InChI is InChI=1S/C23H33N4O6PS/c1-4-32-34(29,33-5-2)17-19-14-25-22(15-24-19)26-23(28)27(16-18-8-6-7-9-18)20-10-12-21(13-11-20)35(3,30)31/h10-15,18H,4-9,16-17H2,1-3H3,(H,25,26,28). The molecule has 0 radical (unpaired) electrons. The summed E-state index contributed by atoms with van der Waals surface area (Å²) in [6.07, 6.45) is 8.31. The van der Waals surface area contributed by atoms with Gasteiger partial charge in [-0.15, -0.1) is 0 Å². The van der Waals surface area contributed by atoms with Crippen LogP contribution >= 0.6 is 7.60 Å². The van der Waals surface area contributed by atoms with Gasteiger partial charge in [-0.25, -0.2) is 18.2 Å². The Bertz CT molecular complexity index is 1130. The van der Waals surface area contributed by atoms with E-state index in [-0.39, 0.29) is 36.1 Å². The van der Waals surface area contributed by atoms with Gasteiger partial charge in [-0.3, -0.25) is 19.8 Å². The highest BCUT2D eigenvalue weighted by Gasteiger charge is 2.26. The fourth-order valence-corrected chi connectivity index (χ4v) is 6.26. The number of benzene rings is 1. The molecule has 1 aromatic heterocycles. The van der Waals surface area contributed by atoms with Crippen LogP contribution in [0.2, 0.25) is 0 Å². The van der Waals surface area contributed by atoms with Gasteiger partial charge < -0.3 is 9.05 Å². The van der Waals surface area contributed by atoms with E-state index in [0.717, 1.165) is 31.9 Å². The van der Waals surface area contributed by atoms with Gasteiger partial charge in [-0.2, -0.15) is 0 Å². The average molecular weight is 525 g/mol. The molecule has 3 rings (SSSR count). The van der Waals surface area contributed by atoms with Crippen LogP contribution in [0.5, 0.6) is 0 Å². The largest absolute Gasteiger partial charge is 0.336 e. The first-order valence-electron chi connectivity index (χ1n) is 11.7. The number of sulfone groups is 1. The third-order valence-electron chi connectivity index (χ3n) is 5.68. The molecule has 2 amide bonds. The van der Waals surface area contributed by atoms with E-state index in [9.17, 15) is 17.8 Å². The zero-order valence-electron chi connectivity index (χ0n) is 20.3. The van der Waals surface area contributed by atoms with Crippen molar-refractivity contribution in [2.75, 3.05) is 36.2 Å². The van der Waals surface area contributed by atoms with Crippen LogP contribution in [-0.4, -0.2) is 50.4 Å². The molecule has 0 aliphatic heterocycles. The van der Waals surface area contributed by atoms with Crippen molar-refractivity contribution in [2.24, 2.45) is 5.92 Å². The number of carbonyl (C=O) groups is 1. The predicted molar refractivity (Wildman–Crippen MR) is 134 cm³/mol. The van der Waals surface area contributed by atoms with Crippen molar-refractivity contribution in [3.05, 3.63) is 42.4 Å². The minimum atomic E-state index is -3.34. The highest BCUT2D eigenvalue weighted by Crippen LogP contribution is 2.50. The van der Waals surface area contributed by atoms with Gasteiger partial charge in [0.05, 0.1) is 42.4 Å². The molecule has 0 spiro atoms. The summed E-state index contributed by atoms with van der Waals surface area (Å²) in [4.78, 5) is 23.5. The number of nitrogens with one attached hydrogen (secondary N) is 1. The van der Waals surface area contributed by atoms with Gasteiger partial charge in [0.1, 0.15) is 0 Å². The second-order valence-electron chi connectivity index (χ2n) is 8.45. The summed E-state index contributed by atoms with van der Waals surface area (Å²) in [6.45, 7) is 4.49. The normalized spacial score (nSPS) is 14.7. The van der Waals surface area contributed by atoms with Crippen molar-refractivity contribution in [3.8, 4) is 0 Å². The van der Waals surface area contributed by atoms with Crippen molar-refractivity contribution in [3.63, 3.8) is 0 Å². The van der Waals surface area contributed by atoms with Gasteiger partial charge in [0.15, 0.2) is 15.7 Å². The number of urea groups is 1. The van der Waals surface area contributed by atoms with E-state index in [1.165, 1.54) is 24.5 Å². The summed E-state index contributed by atoms with van der Waals surface area (Å²) in [6, 6.07) is 5.89. The lowest BCUT2D eigenvalue weighted by molar-refractivity contribution is 0.219.